The van der Waals surface area contributed by atoms with Crippen molar-refractivity contribution >= 4 is 11.9 Å². The third-order valence-corrected chi connectivity index (χ3v) is 4.71. The summed E-state index contributed by atoms with van der Waals surface area (Å²) in [5.74, 6) is -1.84. The zero-order valence-corrected chi connectivity index (χ0v) is 11.7. The van der Waals surface area contributed by atoms with Crippen molar-refractivity contribution in [3.8, 4) is 0 Å². The first-order valence-electron chi connectivity index (χ1n) is 7.39. The van der Waals surface area contributed by atoms with E-state index in [-0.39, 0.29) is 17.5 Å². The molecule has 21 heavy (non-hydrogen) atoms. The zero-order valence-electron chi connectivity index (χ0n) is 11.7. The van der Waals surface area contributed by atoms with Gasteiger partial charge in [-0.2, -0.15) is 0 Å². The Bertz CT molecular complexity index is 574. The van der Waals surface area contributed by atoms with Gasteiger partial charge in [0.15, 0.2) is 0 Å². The molecule has 1 aromatic carbocycles. The van der Waals surface area contributed by atoms with Crippen LogP contribution in [0.4, 0.5) is 4.39 Å². The van der Waals surface area contributed by atoms with Crippen molar-refractivity contribution in [3.05, 3.63) is 35.6 Å². The molecule has 5 heteroatoms. The van der Waals surface area contributed by atoms with Gasteiger partial charge in [-0.3, -0.25) is 4.79 Å². The third kappa shape index (κ3) is 2.41. The molecule has 3 rings (SSSR count). The lowest BCUT2D eigenvalue weighted by Gasteiger charge is -2.33. The highest BCUT2D eigenvalue weighted by atomic mass is 19.1. The minimum Gasteiger partial charge on any atom is -0.480 e. The number of carbonyl (C=O) groups is 2. The van der Waals surface area contributed by atoms with Crippen molar-refractivity contribution in [3.63, 3.8) is 0 Å². The summed E-state index contributed by atoms with van der Waals surface area (Å²) in [6.07, 6.45) is 4.33. The Balaban J connectivity index is 1.95. The fraction of sp³-hybridized carbons (Fsp3) is 0.500. The fourth-order valence-corrected chi connectivity index (χ4v) is 3.75. The van der Waals surface area contributed by atoms with Gasteiger partial charge in [0.25, 0.3) is 5.91 Å². The van der Waals surface area contributed by atoms with Crippen molar-refractivity contribution in [2.24, 2.45) is 5.92 Å². The Morgan fingerprint density at radius 3 is 2.62 bits per heavy atom. The van der Waals surface area contributed by atoms with E-state index in [0.717, 1.165) is 25.7 Å². The van der Waals surface area contributed by atoms with E-state index < -0.39 is 23.7 Å². The van der Waals surface area contributed by atoms with E-state index in [4.69, 9.17) is 0 Å². The molecule has 0 radical (unpaired) electrons. The average molecular weight is 291 g/mol. The first kappa shape index (κ1) is 14.0. The number of carboxylic acids is 1. The maximum atomic E-state index is 13.9. The van der Waals surface area contributed by atoms with E-state index in [0.29, 0.717) is 6.42 Å². The highest BCUT2D eigenvalue weighted by Gasteiger charge is 2.47. The maximum Gasteiger partial charge on any atom is 0.326 e. The Hall–Kier alpha value is -1.91. The average Bonchev–Trinajstić information content (AvgIpc) is 2.86. The lowest BCUT2D eigenvalue weighted by molar-refractivity contribution is -0.141. The van der Waals surface area contributed by atoms with Crippen LogP contribution in [-0.4, -0.2) is 34.0 Å². The van der Waals surface area contributed by atoms with E-state index >= 15 is 0 Å². The van der Waals surface area contributed by atoms with Crippen LogP contribution in [-0.2, 0) is 4.79 Å². The molecule has 1 aliphatic heterocycles. The van der Waals surface area contributed by atoms with E-state index in [9.17, 15) is 19.1 Å². The van der Waals surface area contributed by atoms with Crippen LogP contribution in [0.5, 0.6) is 0 Å². The van der Waals surface area contributed by atoms with Crippen molar-refractivity contribution in [1.82, 2.24) is 4.90 Å². The molecule has 1 aliphatic carbocycles. The number of aliphatic carboxylic acids is 1. The SMILES string of the molecule is O=C(O)C1CC2CCCCC2N1C(=O)c1ccccc1F. The number of likely N-dealkylation sites (tertiary alicyclic amines) is 1. The molecule has 1 amide bonds. The van der Waals surface area contributed by atoms with Crippen LogP contribution in [0.25, 0.3) is 0 Å². The van der Waals surface area contributed by atoms with Crippen LogP contribution >= 0.6 is 0 Å². The standard InChI is InChI=1S/C16H18FNO3/c17-12-7-3-2-6-11(12)15(19)18-13-8-4-1-5-10(13)9-14(18)16(20)21/h2-3,6-7,10,13-14H,1,4-5,8-9H2,(H,20,21). The predicted molar refractivity (Wildman–Crippen MR) is 74.4 cm³/mol. The summed E-state index contributed by atoms with van der Waals surface area (Å²) in [6.45, 7) is 0. The zero-order chi connectivity index (χ0) is 15.0. The third-order valence-electron chi connectivity index (χ3n) is 4.71. The lowest BCUT2D eigenvalue weighted by atomic mass is 9.84. The molecule has 1 aromatic rings. The number of rotatable bonds is 2. The maximum absolute atomic E-state index is 13.9. The molecule has 3 atom stereocenters. The molecule has 3 unspecified atom stereocenters. The molecule has 2 aliphatic rings. The quantitative estimate of drug-likeness (QED) is 0.911. The van der Waals surface area contributed by atoms with Gasteiger partial charge in [-0.15, -0.1) is 0 Å². The Morgan fingerprint density at radius 1 is 1.19 bits per heavy atom. The number of nitrogens with zero attached hydrogens (tertiary/aromatic N) is 1. The number of halogens is 1. The number of fused-ring (bicyclic) bond motifs is 1. The van der Waals surface area contributed by atoms with Gasteiger partial charge in [0, 0.05) is 6.04 Å². The predicted octanol–water partition coefficient (Wildman–Crippen LogP) is 2.68. The second-order valence-electron chi connectivity index (χ2n) is 5.89. The number of carbonyl (C=O) groups excluding carboxylic acids is 1. The summed E-state index contributed by atoms with van der Waals surface area (Å²) < 4.78 is 13.9. The second-order valence-corrected chi connectivity index (χ2v) is 5.89. The van der Waals surface area contributed by atoms with Gasteiger partial charge in [-0.1, -0.05) is 25.0 Å². The topological polar surface area (TPSA) is 57.6 Å². The summed E-state index contributed by atoms with van der Waals surface area (Å²) in [6, 6.07) is 4.89. The largest absolute Gasteiger partial charge is 0.480 e. The smallest absolute Gasteiger partial charge is 0.326 e. The number of hydrogen-bond donors (Lipinski definition) is 1. The molecule has 2 fully saturated rings. The van der Waals surface area contributed by atoms with Crippen molar-refractivity contribution < 1.29 is 19.1 Å². The summed E-state index contributed by atoms with van der Waals surface area (Å²) in [4.78, 5) is 25.6. The van der Waals surface area contributed by atoms with Gasteiger partial charge in [0.1, 0.15) is 11.9 Å². The van der Waals surface area contributed by atoms with Crippen LogP contribution in [0.3, 0.4) is 0 Å². The summed E-state index contributed by atoms with van der Waals surface area (Å²) in [5.41, 5.74) is -0.0324. The molecular weight excluding hydrogens is 273 g/mol. The molecule has 0 bridgehead atoms. The highest BCUT2D eigenvalue weighted by molar-refractivity contribution is 5.97. The van der Waals surface area contributed by atoms with Crippen molar-refractivity contribution in [2.45, 2.75) is 44.2 Å². The van der Waals surface area contributed by atoms with Crippen molar-refractivity contribution in [1.29, 1.82) is 0 Å². The minimum atomic E-state index is -0.992. The molecule has 1 heterocycles. The van der Waals surface area contributed by atoms with Gasteiger partial charge < -0.3 is 10.0 Å². The van der Waals surface area contributed by atoms with Gasteiger partial charge in [0.05, 0.1) is 5.56 Å². The Kier molecular flexibility index (Phi) is 3.66. The van der Waals surface area contributed by atoms with Crippen LogP contribution in [0, 0.1) is 11.7 Å². The van der Waals surface area contributed by atoms with E-state index in [1.807, 2.05) is 0 Å². The van der Waals surface area contributed by atoms with Crippen LogP contribution in [0.2, 0.25) is 0 Å². The van der Waals surface area contributed by atoms with E-state index in [1.165, 1.54) is 23.1 Å². The number of benzene rings is 1. The van der Waals surface area contributed by atoms with Gasteiger partial charge in [-0.25, -0.2) is 9.18 Å². The van der Waals surface area contributed by atoms with Crippen molar-refractivity contribution in [2.75, 3.05) is 0 Å². The molecule has 0 spiro atoms. The summed E-state index contributed by atoms with van der Waals surface area (Å²) in [5, 5.41) is 9.41. The van der Waals surface area contributed by atoms with E-state index in [2.05, 4.69) is 0 Å². The first-order valence-corrected chi connectivity index (χ1v) is 7.39. The Labute approximate surface area is 122 Å². The Morgan fingerprint density at radius 2 is 1.90 bits per heavy atom. The molecule has 1 N–H and O–H groups in total. The van der Waals surface area contributed by atoms with Gasteiger partial charge in [-0.05, 0) is 37.3 Å². The van der Waals surface area contributed by atoms with Crippen LogP contribution in [0.15, 0.2) is 24.3 Å². The first-order chi connectivity index (χ1) is 10.1. The normalized spacial score (nSPS) is 28.2. The van der Waals surface area contributed by atoms with Crippen LogP contribution in [0.1, 0.15) is 42.5 Å². The minimum absolute atomic E-state index is 0.0324. The van der Waals surface area contributed by atoms with E-state index in [1.54, 1.807) is 6.07 Å². The molecular formula is C16H18FNO3. The number of amides is 1. The molecule has 1 saturated carbocycles. The number of carboxylic acid groups (broad SMARTS) is 1. The monoisotopic (exact) mass is 291 g/mol. The second kappa shape index (κ2) is 5.47. The molecule has 112 valence electrons. The molecule has 4 nitrogen and oxygen atoms in total. The molecule has 0 aromatic heterocycles. The van der Waals surface area contributed by atoms with Gasteiger partial charge in [0.2, 0.25) is 0 Å². The summed E-state index contributed by atoms with van der Waals surface area (Å²) >= 11 is 0. The lowest BCUT2D eigenvalue weighted by Crippen LogP contribution is -2.46. The highest BCUT2D eigenvalue weighted by Crippen LogP contribution is 2.40. The van der Waals surface area contributed by atoms with Crippen LogP contribution < -0.4 is 0 Å². The van der Waals surface area contributed by atoms with Gasteiger partial charge >= 0.3 is 5.97 Å². The fourth-order valence-electron chi connectivity index (χ4n) is 3.75. The number of hydrogen-bond acceptors (Lipinski definition) is 2. The molecule has 1 saturated heterocycles. The summed E-state index contributed by atoms with van der Waals surface area (Å²) in [7, 11) is 0.